The monoisotopic (exact) mass is 465 g/mol. The smallest absolute Gasteiger partial charge is 0.251 e. The van der Waals surface area contributed by atoms with Crippen molar-refractivity contribution in [2.45, 2.75) is 51.0 Å². The van der Waals surface area contributed by atoms with Crippen molar-refractivity contribution >= 4 is 23.2 Å². The van der Waals surface area contributed by atoms with Crippen LogP contribution in [0.1, 0.15) is 55.6 Å². The molecule has 1 aliphatic carbocycles. The van der Waals surface area contributed by atoms with Gasteiger partial charge < -0.3 is 10.6 Å². The number of pyridine rings is 2. The summed E-state index contributed by atoms with van der Waals surface area (Å²) >= 11 is 0. The predicted molar refractivity (Wildman–Crippen MR) is 134 cm³/mol. The van der Waals surface area contributed by atoms with Gasteiger partial charge >= 0.3 is 0 Å². The average Bonchev–Trinajstić information content (AvgIpc) is 3.61. The number of amides is 1. The van der Waals surface area contributed by atoms with Crippen LogP contribution in [-0.4, -0.2) is 31.5 Å². The number of nitriles is 1. The highest BCUT2D eigenvalue weighted by molar-refractivity contribution is 5.95. The minimum Gasteiger partial charge on any atom is -0.349 e. The van der Waals surface area contributed by atoms with Crippen molar-refractivity contribution in [2.24, 2.45) is 0 Å². The molecule has 0 bridgehead atoms. The molecule has 5 rings (SSSR count). The fourth-order valence-electron chi connectivity index (χ4n) is 4.18. The van der Waals surface area contributed by atoms with Gasteiger partial charge in [-0.1, -0.05) is 19.9 Å². The van der Waals surface area contributed by atoms with E-state index in [9.17, 15) is 10.1 Å². The molecule has 1 aromatic carbocycles. The summed E-state index contributed by atoms with van der Waals surface area (Å²) in [7, 11) is 0. The summed E-state index contributed by atoms with van der Waals surface area (Å²) in [6.07, 6.45) is 7.20. The SMILES string of the molecule is CCC(C#N)(CC)c1ccc(-c2cccn3nc(Nc4ccc(C(=O)NC5CC5)cc4)nc23)cn1. The standard InChI is InChI=1S/C27H27N7O/c1-3-27(4-2,17-28)23-14-9-19(16-29-23)22-6-5-15-34-24(22)32-26(33-34)31-21-10-7-18(8-11-21)25(35)30-20-12-13-20/h5-11,14-16,20H,3-4,12-13H2,1-2H3,(H,30,35)(H,31,33). The molecule has 0 aliphatic heterocycles. The van der Waals surface area contributed by atoms with E-state index in [0.29, 0.717) is 36.0 Å². The van der Waals surface area contributed by atoms with Gasteiger partial charge in [0.15, 0.2) is 5.65 Å². The summed E-state index contributed by atoms with van der Waals surface area (Å²) in [6, 6.07) is 17.9. The fraction of sp³-hybridized carbons (Fsp3) is 0.296. The number of anilines is 2. The van der Waals surface area contributed by atoms with Crippen LogP contribution in [0.5, 0.6) is 0 Å². The average molecular weight is 466 g/mol. The Kier molecular flexibility index (Phi) is 5.91. The minimum atomic E-state index is -0.565. The number of carbonyl (C=O) groups excluding carboxylic acids is 1. The van der Waals surface area contributed by atoms with Crippen molar-refractivity contribution in [3.63, 3.8) is 0 Å². The van der Waals surface area contributed by atoms with E-state index >= 15 is 0 Å². The second kappa shape index (κ2) is 9.18. The van der Waals surface area contributed by atoms with Gasteiger partial charge in [0.05, 0.1) is 17.2 Å². The first-order valence-corrected chi connectivity index (χ1v) is 12.0. The number of rotatable bonds is 8. The highest BCUT2D eigenvalue weighted by atomic mass is 16.1. The molecular weight excluding hydrogens is 438 g/mol. The van der Waals surface area contributed by atoms with Gasteiger partial charge in [0.1, 0.15) is 0 Å². The van der Waals surface area contributed by atoms with Crippen LogP contribution in [0, 0.1) is 11.3 Å². The van der Waals surface area contributed by atoms with E-state index in [1.807, 2.05) is 56.4 Å². The Morgan fingerprint density at radius 3 is 2.54 bits per heavy atom. The molecule has 1 fully saturated rings. The summed E-state index contributed by atoms with van der Waals surface area (Å²) in [5.74, 6) is 0.414. The lowest BCUT2D eigenvalue weighted by Gasteiger charge is -2.22. The Labute approximate surface area is 204 Å². The number of fused-ring (bicyclic) bond motifs is 1. The van der Waals surface area contributed by atoms with E-state index in [1.54, 1.807) is 22.8 Å². The molecule has 0 spiro atoms. The van der Waals surface area contributed by atoms with E-state index in [0.717, 1.165) is 35.3 Å². The number of carbonyl (C=O) groups is 1. The molecule has 3 heterocycles. The zero-order valence-electron chi connectivity index (χ0n) is 19.8. The van der Waals surface area contributed by atoms with Crippen LogP contribution in [-0.2, 0) is 5.41 Å². The van der Waals surface area contributed by atoms with Gasteiger partial charge in [-0.05, 0) is 68.1 Å². The molecule has 1 aliphatic rings. The van der Waals surface area contributed by atoms with Crippen LogP contribution >= 0.6 is 0 Å². The number of benzene rings is 1. The van der Waals surface area contributed by atoms with Gasteiger partial charge in [0.2, 0.25) is 5.95 Å². The summed E-state index contributed by atoms with van der Waals surface area (Å²) in [6.45, 7) is 4.04. The predicted octanol–water partition coefficient (Wildman–Crippen LogP) is 5.01. The van der Waals surface area contributed by atoms with Gasteiger partial charge in [0.25, 0.3) is 5.91 Å². The lowest BCUT2D eigenvalue weighted by molar-refractivity contribution is 0.0951. The van der Waals surface area contributed by atoms with E-state index in [1.165, 1.54) is 0 Å². The molecule has 35 heavy (non-hydrogen) atoms. The maximum absolute atomic E-state index is 12.2. The first kappa shape index (κ1) is 22.5. The maximum atomic E-state index is 12.2. The number of hydrogen-bond donors (Lipinski definition) is 2. The Hall–Kier alpha value is -4.25. The summed E-state index contributed by atoms with van der Waals surface area (Å²) in [4.78, 5) is 21.5. The quantitative estimate of drug-likeness (QED) is 0.379. The Bertz CT molecular complexity index is 1390. The van der Waals surface area contributed by atoms with Crippen LogP contribution in [0.2, 0.25) is 0 Å². The van der Waals surface area contributed by atoms with Crippen molar-refractivity contribution in [2.75, 3.05) is 5.32 Å². The van der Waals surface area contributed by atoms with Gasteiger partial charge in [-0.15, -0.1) is 5.10 Å². The molecule has 1 amide bonds. The molecule has 2 N–H and O–H groups in total. The first-order valence-electron chi connectivity index (χ1n) is 12.0. The Morgan fingerprint density at radius 2 is 1.91 bits per heavy atom. The fourth-order valence-corrected chi connectivity index (χ4v) is 4.18. The van der Waals surface area contributed by atoms with Gasteiger partial charge in [-0.25, -0.2) is 4.52 Å². The summed E-state index contributed by atoms with van der Waals surface area (Å²) in [5.41, 5.74) is 4.16. The molecule has 176 valence electrons. The van der Waals surface area contributed by atoms with Crippen LogP contribution in [0.3, 0.4) is 0 Å². The zero-order chi connectivity index (χ0) is 24.4. The third-order valence-corrected chi connectivity index (χ3v) is 6.66. The topological polar surface area (TPSA) is 108 Å². The van der Waals surface area contributed by atoms with Gasteiger partial charge in [0, 0.05) is 40.8 Å². The molecule has 0 unspecified atom stereocenters. The molecule has 0 radical (unpaired) electrons. The van der Waals surface area contributed by atoms with Crippen LogP contribution in [0.15, 0.2) is 60.9 Å². The molecule has 8 nitrogen and oxygen atoms in total. The van der Waals surface area contributed by atoms with E-state index in [2.05, 4.69) is 26.8 Å². The van der Waals surface area contributed by atoms with Gasteiger partial charge in [-0.3, -0.25) is 9.78 Å². The van der Waals surface area contributed by atoms with Crippen molar-refractivity contribution in [3.05, 3.63) is 72.2 Å². The molecular formula is C27H27N7O. The van der Waals surface area contributed by atoms with Crippen LogP contribution in [0.25, 0.3) is 16.8 Å². The van der Waals surface area contributed by atoms with Crippen molar-refractivity contribution in [1.82, 2.24) is 24.9 Å². The molecule has 4 aromatic rings. The lowest BCUT2D eigenvalue weighted by Crippen LogP contribution is -2.25. The van der Waals surface area contributed by atoms with E-state index < -0.39 is 5.41 Å². The number of hydrogen-bond acceptors (Lipinski definition) is 6. The summed E-state index contributed by atoms with van der Waals surface area (Å²) < 4.78 is 1.72. The third-order valence-electron chi connectivity index (χ3n) is 6.66. The maximum Gasteiger partial charge on any atom is 0.251 e. The minimum absolute atomic E-state index is 0.0425. The molecule has 0 saturated heterocycles. The largest absolute Gasteiger partial charge is 0.349 e. The number of nitrogens with zero attached hydrogens (tertiary/aromatic N) is 5. The Balaban J connectivity index is 1.38. The van der Waals surface area contributed by atoms with Crippen LogP contribution in [0.4, 0.5) is 11.6 Å². The van der Waals surface area contributed by atoms with Crippen LogP contribution < -0.4 is 10.6 Å². The van der Waals surface area contributed by atoms with Crippen molar-refractivity contribution < 1.29 is 4.79 Å². The number of nitrogens with one attached hydrogen (secondary N) is 2. The molecule has 8 heteroatoms. The summed E-state index contributed by atoms with van der Waals surface area (Å²) in [5, 5.41) is 20.5. The highest BCUT2D eigenvalue weighted by Crippen LogP contribution is 2.31. The third kappa shape index (κ3) is 4.45. The lowest BCUT2D eigenvalue weighted by atomic mass is 9.80. The molecule has 3 aromatic heterocycles. The molecule has 0 atom stereocenters. The second-order valence-electron chi connectivity index (χ2n) is 8.91. The molecule has 1 saturated carbocycles. The zero-order valence-corrected chi connectivity index (χ0v) is 19.8. The highest BCUT2D eigenvalue weighted by Gasteiger charge is 2.29. The second-order valence-corrected chi connectivity index (χ2v) is 8.91. The van der Waals surface area contributed by atoms with Crippen molar-refractivity contribution in [1.29, 1.82) is 5.26 Å². The van der Waals surface area contributed by atoms with E-state index in [4.69, 9.17) is 4.98 Å². The number of aromatic nitrogens is 4. The van der Waals surface area contributed by atoms with E-state index in [-0.39, 0.29) is 5.91 Å². The first-order chi connectivity index (χ1) is 17.0. The van der Waals surface area contributed by atoms with Crippen molar-refractivity contribution in [3.8, 4) is 17.2 Å². The Morgan fingerprint density at radius 1 is 1.14 bits per heavy atom. The van der Waals surface area contributed by atoms with Gasteiger partial charge in [-0.2, -0.15) is 10.2 Å². The normalized spacial score (nSPS) is 13.4.